The second-order valence-electron chi connectivity index (χ2n) is 8.08. The molecule has 4 heteroatoms. The van der Waals surface area contributed by atoms with Crippen molar-refractivity contribution in [2.24, 2.45) is 5.92 Å². The Hall–Kier alpha value is -2.85. The topological polar surface area (TPSA) is 34.5 Å². The zero-order valence-corrected chi connectivity index (χ0v) is 16.9. The van der Waals surface area contributed by atoms with Gasteiger partial charge in [-0.3, -0.25) is 4.90 Å². The summed E-state index contributed by atoms with van der Waals surface area (Å²) in [5, 5.41) is 1.19. The van der Waals surface area contributed by atoms with Crippen LogP contribution in [0.15, 0.2) is 72.3 Å². The summed E-state index contributed by atoms with van der Waals surface area (Å²) in [6.45, 7) is 3.88. The number of hydrogen-bond donors (Lipinski definition) is 0. The molecule has 0 N–H and O–H groups in total. The third-order valence-corrected chi connectivity index (χ3v) is 6.60. The minimum atomic E-state index is -0.295. The fourth-order valence-corrected chi connectivity index (χ4v) is 5.27. The van der Waals surface area contributed by atoms with Crippen LogP contribution in [0.1, 0.15) is 36.7 Å². The van der Waals surface area contributed by atoms with E-state index in [2.05, 4.69) is 77.1 Å². The molecule has 2 aliphatic heterocycles. The van der Waals surface area contributed by atoms with Crippen LogP contribution in [0.25, 0.3) is 10.9 Å². The van der Waals surface area contributed by atoms with E-state index in [9.17, 15) is 4.79 Å². The number of para-hydroxylation sites is 1. The summed E-state index contributed by atoms with van der Waals surface area (Å²) < 4.78 is 7.52. The van der Waals surface area contributed by atoms with Gasteiger partial charge in [0.1, 0.15) is 6.04 Å². The number of benzene rings is 2. The van der Waals surface area contributed by atoms with Crippen LogP contribution < -0.4 is 0 Å². The molecule has 0 saturated carbocycles. The van der Waals surface area contributed by atoms with Gasteiger partial charge in [0.25, 0.3) is 0 Å². The van der Waals surface area contributed by atoms with Crippen molar-refractivity contribution in [1.82, 2.24) is 9.47 Å². The lowest BCUT2D eigenvalue weighted by Gasteiger charge is -2.48. The van der Waals surface area contributed by atoms with Crippen molar-refractivity contribution < 1.29 is 9.53 Å². The van der Waals surface area contributed by atoms with E-state index >= 15 is 0 Å². The molecule has 0 spiro atoms. The number of piperidine rings is 1. The summed E-state index contributed by atoms with van der Waals surface area (Å²) in [5.41, 5.74) is 4.99. The zero-order chi connectivity index (χ0) is 20.0. The van der Waals surface area contributed by atoms with Crippen molar-refractivity contribution in [3.63, 3.8) is 0 Å². The SMILES string of the molecule is C/C=C1/CN(Cc2ccccc2)[C@H]2C[C@@H]1[C@@H](C(=O)OC)n1c2cc2ccccc21. The third-order valence-electron chi connectivity index (χ3n) is 6.60. The average molecular weight is 386 g/mol. The molecule has 2 aliphatic rings. The number of aromatic nitrogens is 1. The van der Waals surface area contributed by atoms with E-state index < -0.39 is 0 Å². The second kappa shape index (κ2) is 7.20. The molecule has 3 heterocycles. The van der Waals surface area contributed by atoms with Crippen LogP contribution >= 0.6 is 0 Å². The van der Waals surface area contributed by atoms with Gasteiger partial charge in [-0.15, -0.1) is 0 Å². The number of allylic oxidation sites excluding steroid dienone is 1. The molecule has 4 nitrogen and oxygen atoms in total. The molecule has 0 radical (unpaired) electrons. The Bertz CT molecular complexity index is 1080. The van der Waals surface area contributed by atoms with Gasteiger partial charge < -0.3 is 9.30 Å². The van der Waals surface area contributed by atoms with Gasteiger partial charge in [0.15, 0.2) is 0 Å². The van der Waals surface area contributed by atoms with E-state index in [0.29, 0.717) is 0 Å². The third kappa shape index (κ3) is 2.90. The quantitative estimate of drug-likeness (QED) is 0.475. The Morgan fingerprint density at radius 1 is 1.14 bits per heavy atom. The van der Waals surface area contributed by atoms with Crippen molar-refractivity contribution in [1.29, 1.82) is 0 Å². The van der Waals surface area contributed by atoms with Gasteiger partial charge >= 0.3 is 5.97 Å². The number of fused-ring (bicyclic) bond motifs is 6. The lowest BCUT2D eigenvalue weighted by molar-refractivity contribution is -0.147. The molecule has 0 amide bonds. The Balaban J connectivity index is 1.67. The van der Waals surface area contributed by atoms with Gasteiger partial charge in [-0.25, -0.2) is 4.79 Å². The molecule has 2 bridgehead atoms. The Labute approximate surface area is 171 Å². The first kappa shape index (κ1) is 18.2. The van der Waals surface area contributed by atoms with Gasteiger partial charge in [-0.2, -0.15) is 0 Å². The first-order chi connectivity index (χ1) is 14.2. The van der Waals surface area contributed by atoms with Crippen molar-refractivity contribution >= 4 is 16.9 Å². The molecular weight excluding hydrogens is 360 g/mol. The highest BCUT2D eigenvalue weighted by atomic mass is 16.5. The monoisotopic (exact) mass is 386 g/mol. The van der Waals surface area contributed by atoms with E-state index in [1.807, 2.05) is 6.07 Å². The van der Waals surface area contributed by atoms with Gasteiger partial charge in [-0.1, -0.05) is 60.2 Å². The molecule has 29 heavy (non-hydrogen) atoms. The molecule has 1 aromatic heterocycles. The van der Waals surface area contributed by atoms with E-state index in [4.69, 9.17) is 4.74 Å². The average Bonchev–Trinajstić information content (AvgIpc) is 3.15. The van der Waals surface area contributed by atoms with Crippen LogP contribution in [0.2, 0.25) is 0 Å². The number of ether oxygens (including phenoxy) is 1. The molecule has 3 atom stereocenters. The second-order valence-corrected chi connectivity index (χ2v) is 8.08. The van der Waals surface area contributed by atoms with Crippen LogP contribution in [-0.2, 0) is 16.1 Å². The van der Waals surface area contributed by atoms with Crippen molar-refractivity contribution in [2.75, 3.05) is 13.7 Å². The fraction of sp³-hybridized carbons (Fsp3) is 0.320. The number of carbonyl (C=O) groups excluding carboxylic acids is 1. The summed E-state index contributed by atoms with van der Waals surface area (Å²) >= 11 is 0. The molecule has 0 unspecified atom stereocenters. The predicted molar refractivity (Wildman–Crippen MR) is 114 cm³/mol. The maximum absolute atomic E-state index is 12.9. The van der Waals surface area contributed by atoms with Gasteiger partial charge in [0.05, 0.1) is 13.2 Å². The first-order valence-corrected chi connectivity index (χ1v) is 10.3. The number of hydrogen-bond acceptors (Lipinski definition) is 3. The van der Waals surface area contributed by atoms with Gasteiger partial charge in [-0.05, 0) is 36.4 Å². The molecule has 1 saturated heterocycles. The van der Waals surface area contributed by atoms with Crippen molar-refractivity contribution in [3.8, 4) is 0 Å². The molecular formula is C25H26N2O2. The summed E-state index contributed by atoms with van der Waals surface area (Å²) in [6, 6.07) is 21.3. The van der Waals surface area contributed by atoms with Gasteiger partial charge in [0, 0.05) is 30.2 Å². The minimum absolute atomic E-state index is 0.146. The van der Waals surface area contributed by atoms with Crippen molar-refractivity contribution in [3.05, 3.63) is 83.6 Å². The van der Waals surface area contributed by atoms with Gasteiger partial charge in [0.2, 0.25) is 0 Å². The Kier molecular flexibility index (Phi) is 4.51. The zero-order valence-electron chi connectivity index (χ0n) is 16.9. The summed E-state index contributed by atoms with van der Waals surface area (Å²) in [6.07, 6.45) is 3.15. The van der Waals surface area contributed by atoms with Crippen LogP contribution in [0.5, 0.6) is 0 Å². The number of likely N-dealkylation sites (tertiary alicyclic amines) is 1. The maximum atomic E-state index is 12.9. The minimum Gasteiger partial charge on any atom is -0.467 e. The summed E-state index contributed by atoms with van der Waals surface area (Å²) in [7, 11) is 1.50. The predicted octanol–water partition coefficient (Wildman–Crippen LogP) is 4.88. The van der Waals surface area contributed by atoms with Crippen LogP contribution in [-0.4, -0.2) is 29.1 Å². The lowest BCUT2D eigenvalue weighted by Crippen LogP contribution is -2.47. The summed E-state index contributed by atoms with van der Waals surface area (Å²) in [4.78, 5) is 15.5. The number of nitrogens with zero attached hydrogens (tertiary/aromatic N) is 2. The molecule has 3 aromatic rings. The molecule has 0 aliphatic carbocycles. The van der Waals surface area contributed by atoms with Crippen LogP contribution in [0, 0.1) is 5.92 Å². The normalized spacial score (nSPS) is 25.2. The fourth-order valence-electron chi connectivity index (χ4n) is 5.27. The smallest absolute Gasteiger partial charge is 0.329 e. The number of carbonyl (C=O) groups is 1. The van der Waals surface area contributed by atoms with E-state index in [1.165, 1.54) is 29.3 Å². The summed E-state index contributed by atoms with van der Waals surface area (Å²) in [5.74, 6) is 0.0275. The molecule has 2 aromatic carbocycles. The number of methoxy groups -OCH3 is 1. The molecule has 5 rings (SSSR count). The van der Waals surface area contributed by atoms with Crippen molar-refractivity contribution in [2.45, 2.75) is 32.0 Å². The van der Waals surface area contributed by atoms with E-state index in [0.717, 1.165) is 25.0 Å². The number of rotatable bonds is 3. The largest absolute Gasteiger partial charge is 0.467 e. The highest BCUT2D eigenvalue weighted by Gasteiger charge is 2.47. The Morgan fingerprint density at radius 3 is 2.66 bits per heavy atom. The Morgan fingerprint density at radius 2 is 1.90 bits per heavy atom. The number of esters is 1. The standard InChI is InChI=1S/C25H26N2O2/c1-3-18-16-26(15-17-9-5-4-6-10-17)22-14-20(18)24(25(28)29-2)27-21-12-8-7-11-19(21)13-23(22)27/h3-13,20,22,24H,14-16H2,1-2H3/b18-3-/t20-,22-,24-/m0/s1. The highest BCUT2D eigenvalue weighted by Crippen LogP contribution is 2.50. The molecule has 1 fully saturated rings. The first-order valence-electron chi connectivity index (χ1n) is 10.3. The van der Waals surface area contributed by atoms with E-state index in [1.54, 1.807) is 0 Å². The van der Waals surface area contributed by atoms with E-state index in [-0.39, 0.29) is 24.0 Å². The molecule has 148 valence electrons. The maximum Gasteiger partial charge on any atom is 0.329 e. The highest BCUT2D eigenvalue weighted by molar-refractivity contribution is 5.86. The lowest BCUT2D eigenvalue weighted by atomic mass is 9.77. The van der Waals surface area contributed by atoms with Crippen LogP contribution in [0.4, 0.5) is 0 Å². The van der Waals surface area contributed by atoms with Crippen LogP contribution in [0.3, 0.4) is 0 Å².